The van der Waals surface area contributed by atoms with Gasteiger partial charge in [0.25, 0.3) is 0 Å². The predicted octanol–water partition coefficient (Wildman–Crippen LogP) is 9.85. The highest BCUT2D eigenvalue weighted by molar-refractivity contribution is 7.68. The Hall–Kier alpha value is -2.29. The van der Waals surface area contributed by atoms with Crippen molar-refractivity contribution in [3.63, 3.8) is 0 Å². The summed E-state index contributed by atoms with van der Waals surface area (Å²) < 4.78 is 20.6. The molecule has 1 heterocycles. The second-order valence-electron chi connectivity index (χ2n) is 16.3. The molecule has 47 heavy (non-hydrogen) atoms. The molecule has 0 radical (unpaired) electrons. The number of hydrogen-bond donors (Lipinski definition) is 0. The molecule has 248 valence electrons. The Balaban J connectivity index is 1.09. The molecular formula is C43H53O3P. The van der Waals surface area contributed by atoms with Gasteiger partial charge in [-0.2, -0.15) is 0 Å². The average Bonchev–Trinajstić information content (AvgIpc) is 3.34. The summed E-state index contributed by atoms with van der Waals surface area (Å²) in [6.07, 6.45) is 10.3. The maximum absolute atomic E-state index is 7.17. The summed E-state index contributed by atoms with van der Waals surface area (Å²) >= 11 is 0. The smallest absolute Gasteiger partial charge is 0.183 e. The molecule has 3 aromatic rings. The molecule has 9 rings (SSSR count). The molecule has 4 fully saturated rings. The number of ether oxygens (including phenoxy) is 2. The summed E-state index contributed by atoms with van der Waals surface area (Å²) in [6, 6.07) is 32.5. The zero-order valence-electron chi connectivity index (χ0n) is 28.8. The SMILES string of the molecule is CC(C)C1=C[C@@]23CCC4[C@](C)(COP(c5ccccc5)c5ccccc5)CCC[C@]4(C)C2C[C@@H]1[C@H]1COC(c2ccccc2)OC[C@H]13. The lowest BCUT2D eigenvalue weighted by Crippen LogP contribution is -2.65. The van der Waals surface area contributed by atoms with E-state index in [1.54, 1.807) is 5.57 Å². The van der Waals surface area contributed by atoms with Crippen LogP contribution in [0.5, 0.6) is 0 Å². The summed E-state index contributed by atoms with van der Waals surface area (Å²) in [5.41, 5.74) is 3.52. The number of hydrogen-bond acceptors (Lipinski definition) is 3. The zero-order chi connectivity index (χ0) is 32.2. The van der Waals surface area contributed by atoms with Crippen LogP contribution in [0, 0.1) is 51.8 Å². The first-order valence-corrected chi connectivity index (χ1v) is 19.6. The molecule has 0 N–H and O–H groups in total. The van der Waals surface area contributed by atoms with Gasteiger partial charge in [-0.3, -0.25) is 0 Å². The Morgan fingerprint density at radius 1 is 0.787 bits per heavy atom. The molecule has 3 aromatic carbocycles. The second-order valence-corrected chi connectivity index (χ2v) is 18.2. The van der Waals surface area contributed by atoms with Gasteiger partial charge in [-0.25, -0.2) is 0 Å². The van der Waals surface area contributed by atoms with Crippen molar-refractivity contribution >= 4 is 18.8 Å². The van der Waals surface area contributed by atoms with Gasteiger partial charge in [-0.05, 0) is 83.9 Å². The van der Waals surface area contributed by atoms with E-state index in [0.717, 1.165) is 25.4 Å². The largest absolute Gasteiger partial charge is 0.349 e. The Kier molecular flexibility index (Phi) is 8.53. The summed E-state index contributed by atoms with van der Waals surface area (Å²) in [5.74, 6) is 3.59. The van der Waals surface area contributed by atoms with Crippen molar-refractivity contribution < 1.29 is 14.0 Å². The van der Waals surface area contributed by atoms with Crippen LogP contribution in [0.2, 0.25) is 0 Å². The fourth-order valence-electron chi connectivity index (χ4n) is 11.6. The molecule has 4 heteroatoms. The van der Waals surface area contributed by atoms with Crippen molar-refractivity contribution in [3.8, 4) is 0 Å². The third-order valence-electron chi connectivity index (χ3n) is 13.6. The Morgan fingerprint density at radius 2 is 1.43 bits per heavy atom. The monoisotopic (exact) mass is 648 g/mol. The van der Waals surface area contributed by atoms with E-state index < -0.39 is 8.15 Å². The Labute approximate surface area is 284 Å². The molecule has 6 aliphatic rings. The topological polar surface area (TPSA) is 27.7 Å². The van der Waals surface area contributed by atoms with Crippen LogP contribution in [0.15, 0.2) is 103 Å². The van der Waals surface area contributed by atoms with Gasteiger partial charge in [-0.1, -0.05) is 137 Å². The highest BCUT2D eigenvalue weighted by Crippen LogP contribution is 2.74. The maximum Gasteiger partial charge on any atom is 0.183 e. The first kappa shape index (κ1) is 31.9. The molecule has 3 saturated carbocycles. The minimum atomic E-state index is -0.861. The minimum Gasteiger partial charge on any atom is -0.349 e. The van der Waals surface area contributed by atoms with E-state index in [2.05, 4.69) is 125 Å². The van der Waals surface area contributed by atoms with Crippen molar-refractivity contribution in [2.24, 2.45) is 51.8 Å². The van der Waals surface area contributed by atoms with Crippen molar-refractivity contribution in [1.82, 2.24) is 0 Å². The number of benzene rings is 3. The quantitative estimate of drug-likeness (QED) is 0.189. The molecule has 1 aliphatic heterocycles. The zero-order valence-corrected chi connectivity index (χ0v) is 29.7. The second kappa shape index (κ2) is 12.5. The Bertz CT molecular complexity index is 1520. The van der Waals surface area contributed by atoms with Crippen LogP contribution in [-0.2, 0) is 14.0 Å². The van der Waals surface area contributed by atoms with E-state index in [1.807, 2.05) is 0 Å². The van der Waals surface area contributed by atoms with Crippen LogP contribution in [0.25, 0.3) is 0 Å². The fraction of sp³-hybridized carbons (Fsp3) is 0.535. The van der Waals surface area contributed by atoms with E-state index in [-0.39, 0.29) is 17.1 Å². The van der Waals surface area contributed by atoms with E-state index in [0.29, 0.717) is 40.9 Å². The predicted molar refractivity (Wildman–Crippen MR) is 193 cm³/mol. The normalized spacial score (nSPS) is 37.9. The van der Waals surface area contributed by atoms with E-state index in [9.17, 15) is 0 Å². The van der Waals surface area contributed by atoms with Crippen LogP contribution in [-0.4, -0.2) is 19.8 Å². The fourth-order valence-corrected chi connectivity index (χ4v) is 13.5. The average molecular weight is 649 g/mol. The van der Waals surface area contributed by atoms with Gasteiger partial charge in [0.1, 0.15) is 0 Å². The summed E-state index contributed by atoms with van der Waals surface area (Å²) in [6.45, 7) is 12.6. The van der Waals surface area contributed by atoms with Crippen molar-refractivity contribution in [2.75, 3.05) is 19.8 Å². The molecule has 3 nitrogen and oxygen atoms in total. The highest BCUT2D eigenvalue weighted by atomic mass is 31.1. The third-order valence-corrected chi connectivity index (χ3v) is 15.5. The number of rotatable bonds is 7. The molecule has 2 bridgehead atoms. The van der Waals surface area contributed by atoms with Gasteiger partial charge in [0.05, 0.1) is 28.0 Å². The molecule has 1 saturated heterocycles. The van der Waals surface area contributed by atoms with Crippen molar-refractivity contribution in [2.45, 2.75) is 72.5 Å². The highest BCUT2D eigenvalue weighted by Gasteiger charge is 2.68. The molecule has 5 aliphatic carbocycles. The lowest BCUT2D eigenvalue weighted by molar-refractivity contribution is -0.193. The van der Waals surface area contributed by atoms with Crippen LogP contribution in [0.4, 0.5) is 0 Å². The van der Waals surface area contributed by atoms with Crippen LogP contribution >= 0.6 is 8.15 Å². The lowest BCUT2D eigenvalue weighted by atomic mass is 9.34. The molecule has 1 spiro atoms. The summed E-state index contributed by atoms with van der Waals surface area (Å²) in [7, 11) is -0.861. The maximum atomic E-state index is 7.17. The lowest BCUT2D eigenvalue weighted by Gasteiger charge is -2.70. The first-order chi connectivity index (χ1) is 22.8. The van der Waals surface area contributed by atoms with Gasteiger partial charge < -0.3 is 14.0 Å². The first-order valence-electron chi connectivity index (χ1n) is 18.4. The third kappa shape index (κ3) is 5.40. The molecule has 9 atom stereocenters. The van der Waals surface area contributed by atoms with Crippen LogP contribution in [0.3, 0.4) is 0 Å². The number of fused-ring (bicyclic) bond motifs is 1. The van der Waals surface area contributed by atoms with Crippen molar-refractivity contribution in [1.29, 1.82) is 0 Å². The van der Waals surface area contributed by atoms with Crippen LogP contribution in [0.1, 0.15) is 78.1 Å². The van der Waals surface area contributed by atoms with Gasteiger partial charge in [-0.15, -0.1) is 0 Å². The summed E-state index contributed by atoms with van der Waals surface area (Å²) in [5, 5.41) is 2.62. The standard InChI is InChI=1S/C43H53O3P/c1-30(2)35-26-43-24-21-38-41(3,29-46-47(32-17-10-6-11-18-32)33-19-12-7-13-20-33)22-14-23-42(38,4)39(43)25-34(35)36-27-44-40(45-28-37(36)43)31-15-8-5-9-16-31/h5-13,15-20,26,30,34,36-40H,14,21-25,27-29H2,1-4H3/t34-,36+,37+,38?,39?,40?,41-,42-,43+/m0/s1. The van der Waals surface area contributed by atoms with Crippen LogP contribution < -0.4 is 10.6 Å². The summed E-state index contributed by atoms with van der Waals surface area (Å²) in [4.78, 5) is 0. The van der Waals surface area contributed by atoms with Gasteiger partial charge in [0.2, 0.25) is 0 Å². The van der Waals surface area contributed by atoms with Crippen molar-refractivity contribution in [3.05, 3.63) is 108 Å². The van der Waals surface area contributed by atoms with Gasteiger partial charge >= 0.3 is 0 Å². The molecule has 3 unspecified atom stereocenters. The minimum absolute atomic E-state index is 0.168. The Morgan fingerprint density at radius 3 is 2.09 bits per heavy atom. The van der Waals surface area contributed by atoms with E-state index in [4.69, 9.17) is 14.0 Å². The molecule has 0 amide bonds. The number of allylic oxidation sites excluding steroid dienone is 2. The van der Waals surface area contributed by atoms with Gasteiger partial charge in [0.15, 0.2) is 6.29 Å². The van der Waals surface area contributed by atoms with E-state index >= 15 is 0 Å². The van der Waals surface area contributed by atoms with Gasteiger partial charge in [0, 0.05) is 16.2 Å². The molecular weight excluding hydrogens is 595 g/mol. The van der Waals surface area contributed by atoms with E-state index in [1.165, 1.54) is 49.1 Å². The molecule has 0 aromatic heterocycles.